The third-order valence-corrected chi connectivity index (χ3v) is 5.30. The van der Waals surface area contributed by atoms with E-state index in [-0.39, 0.29) is 5.91 Å². The zero-order valence-corrected chi connectivity index (χ0v) is 12.5. The summed E-state index contributed by atoms with van der Waals surface area (Å²) in [6, 6.07) is 0.544. The van der Waals surface area contributed by atoms with Gasteiger partial charge in [0, 0.05) is 6.04 Å². The summed E-state index contributed by atoms with van der Waals surface area (Å²) in [5.41, 5.74) is 5.12. The van der Waals surface area contributed by atoms with E-state index in [1.807, 2.05) is 7.05 Å². The topological polar surface area (TPSA) is 58.4 Å². The molecule has 1 aliphatic heterocycles. The fraction of sp³-hybridized carbons (Fsp3) is 0.933. The molecule has 3 N–H and O–H groups in total. The number of piperidine rings is 1. The Kier molecular flexibility index (Phi) is 4.85. The molecule has 110 valence electrons. The van der Waals surface area contributed by atoms with Crippen LogP contribution in [0, 0.1) is 5.92 Å². The van der Waals surface area contributed by atoms with Crippen LogP contribution in [0.5, 0.6) is 0 Å². The number of carbonyl (C=O) groups excluding carboxylic acids is 1. The molecule has 2 aliphatic rings. The van der Waals surface area contributed by atoms with Crippen molar-refractivity contribution in [2.24, 2.45) is 11.7 Å². The molecule has 0 aromatic carbocycles. The first kappa shape index (κ1) is 14.8. The lowest BCUT2D eigenvalue weighted by atomic mass is 9.91. The van der Waals surface area contributed by atoms with Gasteiger partial charge in [-0.3, -0.25) is 4.79 Å². The van der Waals surface area contributed by atoms with Gasteiger partial charge in [0.1, 0.15) is 0 Å². The third kappa shape index (κ3) is 3.11. The summed E-state index contributed by atoms with van der Waals surface area (Å²) in [7, 11) is 1.86. The fourth-order valence-corrected chi connectivity index (χ4v) is 3.92. The fourth-order valence-electron chi connectivity index (χ4n) is 3.92. The molecule has 1 saturated heterocycles. The standard InChI is InChI=1S/C15H29N3O/c1-3-4-12-6-9-18(10-7-12)13-5-8-15(11-13,17-2)14(16)19/h12-13,17H,3-11H2,1-2H3,(H2,16,19). The van der Waals surface area contributed by atoms with Crippen LogP contribution in [0.1, 0.15) is 51.9 Å². The molecule has 1 saturated carbocycles. The van der Waals surface area contributed by atoms with Gasteiger partial charge in [0.15, 0.2) is 0 Å². The van der Waals surface area contributed by atoms with Gasteiger partial charge < -0.3 is 16.0 Å². The van der Waals surface area contributed by atoms with Gasteiger partial charge in [-0.25, -0.2) is 0 Å². The average Bonchev–Trinajstić information content (AvgIpc) is 2.86. The number of nitrogens with one attached hydrogen (secondary N) is 1. The van der Waals surface area contributed by atoms with Gasteiger partial charge in [-0.15, -0.1) is 0 Å². The number of hydrogen-bond donors (Lipinski definition) is 2. The van der Waals surface area contributed by atoms with Gasteiger partial charge in [0.05, 0.1) is 5.54 Å². The first-order valence-electron chi connectivity index (χ1n) is 7.84. The number of primary amides is 1. The number of hydrogen-bond acceptors (Lipinski definition) is 3. The predicted octanol–water partition coefficient (Wildman–Crippen LogP) is 1.49. The van der Waals surface area contributed by atoms with Crippen LogP contribution in [0.2, 0.25) is 0 Å². The SMILES string of the molecule is CCCC1CCN(C2CCC(NC)(C(N)=O)C2)CC1. The maximum absolute atomic E-state index is 11.7. The quantitative estimate of drug-likeness (QED) is 0.793. The van der Waals surface area contributed by atoms with Crippen molar-refractivity contribution >= 4 is 5.91 Å². The van der Waals surface area contributed by atoms with Gasteiger partial charge in [0.25, 0.3) is 0 Å². The Labute approximate surface area is 117 Å². The summed E-state index contributed by atoms with van der Waals surface area (Å²) in [6.07, 6.45) is 8.21. The molecule has 0 radical (unpaired) electrons. The van der Waals surface area contributed by atoms with Crippen LogP contribution >= 0.6 is 0 Å². The van der Waals surface area contributed by atoms with E-state index in [1.54, 1.807) is 0 Å². The summed E-state index contributed by atoms with van der Waals surface area (Å²) in [6.45, 7) is 4.68. The molecule has 0 aromatic rings. The molecule has 0 spiro atoms. The van der Waals surface area contributed by atoms with Crippen LogP contribution < -0.4 is 11.1 Å². The molecule has 0 bridgehead atoms. The largest absolute Gasteiger partial charge is 0.368 e. The molecule has 2 fully saturated rings. The van der Waals surface area contributed by atoms with Crippen LogP contribution in [-0.4, -0.2) is 42.5 Å². The Hall–Kier alpha value is -0.610. The Balaban J connectivity index is 1.87. The minimum Gasteiger partial charge on any atom is -0.368 e. The Morgan fingerprint density at radius 3 is 2.53 bits per heavy atom. The maximum atomic E-state index is 11.7. The highest BCUT2D eigenvalue weighted by Gasteiger charge is 2.44. The molecule has 2 rings (SSSR count). The summed E-state index contributed by atoms with van der Waals surface area (Å²) in [5, 5.41) is 3.17. The molecule has 1 amide bonds. The lowest BCUT2D eigenvalue weighted by Crippen LogP contribution is -2.53. The number of rotatable bonds is 5. The lowest BCUT2D eigenvalue weighted by molar-refractivity contribution is -0.124. The molecular formula is C15H29N3O. The minimum atomic E-state index is -0.453. The molecule has 2 atom stereocenters. The Morgan fingerprint density at radius 1 is 1.37 bits per heavy atom. The number of nitrogens with two attached hydrogens (primary N) is 1. The second kappa shape index (κ2) is 6.23. The second-order valence-electron chi connectivity index (χ2n) is 6.36. The minimum absolute atomic E-state index is 0.182. The summed E-state index contributed by atoms with van der Waals surface area (Å²) >= 11 is 0. The van der Waals surface area contributed by atoms with E-state index in [1.165, 1.54) is 38.8 Å². The first-order chi connectivity index (χ1) is 9.11. The monoisotopic (exact) mass is 267 g/mol. The summed E-state index contributed by atoms with van der Waals surface area (Å²) < 4.78 is 0. The highest BCUT2D eigenvalue weighted by molar-refractivity contribution is 5.85. The van der Waals surface area contributed by atoms with Crippen molar-refractivity contribution in [3.63, 3.8) is 0 Å². The van der Waals surface area contributed by atoms with Crippen molar-refractivity contribution < 1.29 is 4.79 Å². The van der Waals surface area contributed by atoms with Crippen LogP contribution in [0.15, 0.2) is 0 Å². The van der Waals surface area contributed by atoms with Crippen molar-refractivity contribution in [2.75, 3.05) is 20.1 Å². The number of likely N-dealkylation sites (tertiary alicyclic amines) is 1. The molecule has 4 heteroatoms. The van der Waals surface area contributed by atoms with Gasteiger partial charge in [0.2, 0.25) is 5.91 Å². The van der Waals surface area contributed by atoms with Crippen molar-refractivity contribution in [1.29, 1.82) is 0 Å². The normalized spacial score (nSPS) is 33.7. The predicted molar refractivity (Wildman–Crippen MR) is 77.8 cm³/mol. The van der Waals surface area contributed by atoms with Crippen molar-refractivity contribution in [1.82, 2.24) is 10.2 Å². The average molecular weight is 267 g/mol. The van der Waals surface area contributed by atoms with E-state index in [4.69, 9.17) is 5.73 Å². The van der Waals surface area contributed by atoms with Gasteiger partial charge >= 0.3 is 0 Å². The van der Waals surface area contributed by atoms with E-state index >= 15 is 0 Å². The van der Waals surface area contributed by atoms with E-state index in [2.05, 4.69) is 17.1 Å². The molecule has 19 heavy (non-hydrogen) atoms. The first-order valence-corrected chi connectivity index (χ1v) is 7.84. The summed E-state index contributed by atoms with van der Waals surface area (Å²) in [5.74, 6) is 0.742. The van der Waals surface area contributed by atoms with Crippen molar-refractivity contribution in [3.8, 4) is 0 Å². The van der Waals surface area contributed by atoms with E-state index in [0.29, 0.717) is 6.04 Å². The Bertz CT molecular complexity index is 313. The molecule has 0 aromatic heterocycles. The van der Waals surface area contributed by atoms with Crippen molar-refractivity contribution in [2.45, 2.75) is 63.5 Å². The van der Waals surface area contributed by atoms with Gasteiger partial charge in [-0.2, -0.15) is 0 Å². The zero-order valence-electron chi connectivity index (χ0n) is 12.5. The van der Waals surface area contributed by atoms with E-state index in [0.717, 1.165) is 25.2 Å². The summed E-state index contributed by atoms with van der Waals surface area (Å²) in [4.78, 5) is 14.3. The maximum Gasteiger partial charge on any atom is 0.237 e. The Morgan fingerprint density at radius 2 is 2.05 bits per heavy atom. The highest BCUT2D eigenvalue weighted by atomic mass is 16.1. The molecule has 4 nitrogen and oxygen atoms in total. The molecule has 1 heterocycles. The van der Waals surface area contributed by atoms with Crippen LogP contribution in [-0.2, 0) is 4.79 Å². The second-order valence-corrected chi connectivity index (χ2v) is 6.36. The van der Waals surface area contributed by atoms with Gasteiger partial charge in [-0.05, 0) is 58.2 Å². The van der Waals surface area contributed by atoms with Gasteiger partial charge in [-0.1, -0.05) is 19.8 Å². The van der Waals surface area contributed by atoms with E-state index < -0.39 is 5.54 Å². The lowest BCUT2D eigenvalue weighted by Gasteiger charge is -2.36. The number of likely N-dealkylation sites (N-methyl/N-ethyl adjacent to an activating group) is 1. The van der Waals surface area contributed by atoms with Crippen LogP contribution in [0.25, 0.3) is 0 Å². The van der Waals surface area contributed by atoms with Crippen molar-refractivity contribution in [3.05, 3.63) is 0 Å². The molecule has 1 aliphatic carbocycles. The van der Waals surface area contributed by atoms with E-state index in [9.17, 15) is 4.79 Å². The number of carbonyl (C=O) groups is 1. The molecular weight excluding hydrogens is 238 g/mol. The third-order valence-electron chi connectivity index (χ3n) is 5.30. The zero-order chi connectivity index (χ0) is 13.9. The molecule has 2 unspecified atom stereocenters. The highest BCUT2D eigenvalue weighted by Crippen LogP contribution is 2.35. The van der Waals surface area contributed by atoms with Crippen LogP contribution in [0.3, 0.4) is 0 Å². The smallest absolute Gasteiger partial charge is 0.237 e. The van der Waals surface area contributed by atoms with Crippen LogP contribution in [0.4, 0.5) is 0 Å². The number of amides is 1. The number of nitrogens with zero attached hydrogens (tertiary/aromatic N) is 1.